The van der Waals surface area contributed by atoms with Gasteiger partial charge >= 0.3 is 6.09 Å². The summed E-state index contributed by atoms with van der Waals surface area (Å²) < 4.78 is 8.55. The molecule has 0 saturated carbocycles. The van der Waals surface area contributed by atoms with Crippen molar-refractivity contribution < 1.29 is 24.7 Å². The van der Waals surface area contributed by atoms with E-state index in [4.69, 9.17) is 54.8 Å². The van der Waals surface area contributed by atoms with Crippen molar-refractivity contribution in [1.29, 1.82) is 5.41 Å². The second kappa shape index (κ2) is 10.9. The minimum atomic E-state index is -1.72. The van der Waals surface area contributed by atoms with Crippen molar-refractivity contribution in [2.75, 3.05) is 19.8 Å². The molecule has 156 valence electrons. The third-order valence-electron chi connectivity index (χ3n) is 3.26. The Kier molecular flexibility index (Phi) is 9.53. The molecule has 10 heteroatoms. The van der Waals surface area contributed by atoms with Crippen molar-refractivity contribution in [2.45, 2.75) is 24.6 Å². The van der Waals surface area contributed by atoms with Gasteiger partial charge in [-0.25, -0.2) is 10.1 Å². The lowest BCUT2D eigenvalue weighted by Gasteiger charge is -2.18. The third-order valence-corrected chi connectivity index (χ3v) is 3.59. The van der Waals surface area contributed by atoms with Gasteiger partial charge in [0.2, 0.25) is 9.61 Å². The number of alkyl halides is 3. The van der Waals surface area contributed by atoms with Crippen LogP contribution in [0.4, 0.5) is 10.5 Å². The van der Waals surface area contributed by atoms with Crippen molar-refractivity contribution in [1.82, 2.24) is 5.32 Å². The van der Waals surface area contributed by atoms with Gasteiger partial charge in [0.1, 0.15) is 24.7 Å². The molecular formula is C18H25Cl3N3O4+. The maximum Gasteiger partial charge on any atom is 0.415 e. The second-order valence-electron chi connectivity index (χ2n) is 6.87. The number of amides is 1. The molecule has 0 heterocycles. The second-order valence-corrected chi connectivity index (χ2v) is 9.38. The van der Waals surface area contributed by atoms with E-state index in [2.05, 4.69) is 5.32 Å². The predicted molar refractivity (Wildman–Crippen MR) is 111 cm³/mol. The van der Waals surface area contributed by atoms with Crippen LogP contribution in [0.2, 0.25) is 0 Å². The molecule has 0 saturated heterocycles. The predicted octanol–water partition coefficient (Wildman–Crippen LogP) is 3.26. The molecule has 7 nitrogen and oxygen atoms in total. The zero-order chi connectivity index (χ0) is 21.4. The lowest BCUT2D eigenvalue weighted by Crippen LogP contribution is -2.79. The zero-order valence-electron chi connectivity index (χ0n) is 15.9. The molecule has 0 bridgehead atoms. The fourth-order valence-electron chi connectivity index (χ4n) is 1.82. The molecule has 0 unspecified atom stereocenters. The van der Waals surface area contributed by atoms with Crippen LogP contribution in [-0.2, 0) is 4.74 Å². The highest BCUT2D eigenvalue weighted by molar-refractivity contribution is 6.67. The first-order valence-electron chi connectivity index (χ1n) is 8.40. The van der Waals surface area contributed by atoms with Crippen LogP contribution in [0, 0.1) is 10.8 Å². The van der Waals surface area contributed by atoms with Crippen molar-refractivity contribution in [3.8, 4) is 5.75 Å². The van der Waals surface area contributed by atoms with Gasteiger partial charge in [0.05, 0.1) is 6.61 Å². The van der Waals surface area contributed by atoms with E-state index < -0.39 is 21.9 Å². The van der Waals surface area contributed by atoms with E-state index in [1.54, 1.807) is 29.6 Å². The average molecular weight is 454 g/mol. The molecule has 0 aliphatic rings. The number of hydrogen-bond donors (Lipinski definition) is 4. The fourth-order valence-corrected chi connectivity index (χ4v) is 1.99. The minimum absolute atomic E-state index is 0.0988. The molecule has 1 aromatic rings. The highest BCUT2D eigenvalue weighted by Gasteiger charge is 2.24. The number of hydrogen-bond acceptors (Lipinski definition) is 5. The van der Waals surface area contributed by atoms with Gasteiger partial charge < -0.3 is 20.0 Å². The molecule has 0 fully saturated rings. The normalized spacial score (nSPS) is 12.5. The van der Waals surface area contributed by atoms with E-state index in [1.807, 2.05) is 20.8 Å². The van der Waals surface area contributed by atoms with Crippen molar-refractivity contribution in [3.05, 3.63) is 36.2 Å². The number of nitrogens with one attached hydrogen (secondary N) is 2. The zero-order valence-corrected chi connectivity index (χ0v) is 18.2. The summed E-state index contributed by atoms with van der Waals surface area (Å²) in [6, 6.07) is 7.05. The van der Waals surface area contributed by atoms with Crippen LogP contribution >= 0.6 is 34.8 Å². The monoisotopic (exact) mass is 452 g/mol. The number of aliphatic hydroxyl groups excluding tert-OH is 1. The highest BCUT2D eigenvalue weighted by atomic mass is 35.6. The van der Waals surface area contributed by atoms with E-state index in [0.29, 0.717) is 23.0 Å². The van der Waals surface area contributed by atoms with Crippen LogP contribution < -0.4 is 15.4 Å². The summed E-state index contributed by atoms with van der Waals surface area (Å²) in [6.45, 7) is 5.30. The van der Waals surface area contributed by atoms with Gasteiger partial charge in [0.25, 0.3) is 0 Å². The number of rotatable bonds is 8. The van der Waals surface area contributed by atoms with E-state index in [-0.39, 0.29) is 13.2 Å². The Morgan fingerprint density at radius 1 is 1.32 bits per heavy atom. The minimum Gasteiger partial charge on any atom is -0.491 e. The van der Waals surface area contributed by atoms with Crippen LogP contribution in [0.25, 0.3) is 0 Å². The topological polar surface area (TPSA) is 108 Å². The highest BCUT2D eigenvalue weighted by Crippen LogP contribution is 2.25. The summed E-state index contributed by atoms with van der Waals surface area (Å²) in [5.74, 6) is 0.889. The molecule has 0 spiro atoms. The van der Waals surface area contributed by atoms with Crippen LogP contribution in [0.3, 0.4) is 0 Å². The first-order chi connectivity index (χ1) is 12.9. The SMILES string of the molecule is CC(C)(C)C(=N)C=C(NC(=O)OCC(Cl)(Cl)Cl)[NH2+]c1cccc(OCCO)c1. The molecule has 0 aliphatic heterocycles. The molecule has 28 heavy (non-hydrogen) atoms. The van der Waals surface area contributed by atoms with Crippen molar-refractivity contribution in [3.63, 3.8) is 0 Å². The van der Waals surface area contributed by atoms with Crippen molar-refractivity contribution >= 4 is 52.3 Å². The molecule has 0 radical (unpaired) electrons. The Bertz CT molecular complexity index is 713. The molecule has 1 amide bonds. The van der Waals surface area contributed by atoms with Gasteiger partial charge in [0, 0.05) is 23.3 Å². The van der Waals surface area contributed by atoms with Crippen LogP contribution in [0.5, 0.6) is 5.75 Å². The summed E-state index contributed by atoms with van der Waals surface area (Å²) in [7, 11) is 0. The summed E-state index contributed by atoms with van der Waals surface area (Å²) in [5.41, 5.74) is 0.590. The summed E-state index contributed by atoms with van der Waals surface area (Å²) >= 11 is 16.8. The number of ether oxygens (including phenoxy) is 2. The molecule has 0 atom stereocenters. The van der Waals surface area contributed by atoms with E-state index >= 15 is 0 Å². The summed E-state index contributed by atoms with van der Waals surface area (Å²) in [6.07, 6.45) is 0.709. The van der Waals surface area contributed by atoms with Gasteiger partial charge in [-0.3, -0.25) is 5.32 Å². The largest absolute Gasteiger partial charge is 0.491 e. The molecule has 1 aromatic carbocycles. The molecular weight excluding hydrogens is 429 g/mol. The van der Waals surface area contributed by atoms with Gasteiger partial charge in [-0.2, -0.15) is 0 Å². The smallest absolute Gasteiger partial charge is 0.415 e. The number of quaternary nitrogens is 1. The van der Waals surface area contributed by atoms with Crippen LogP contribution in [0.15, 0.2) is 36.2 Å². The number of allylic oxidation sites excluding steroid dienone is 1. The van der Waals surface area contributed by atoms with E-state index in [1.165, 1.54) is 6.08 Å². The Hall–Kier alpha value is -1.51. The molecule has 5 N–H and O–H groups in total. The lowest BCUT2D eigenvalue weighted by molar-refractivity contribution is -0.522. The van der Waals surface area contributed by atoms with Crippen molar-refractivity contribution in [2.24, 2.45) is 5.41 Å². The number of nitrogens with two attached hydrogens (primary N) is 1. The quantitative estimate of drug-likeness (QED) is 0.275. The first kappa shape index (κ1) is 24.5. The molecule has 0 aromatic heterocycles. The third kappa shape index (κ3) is 10.1. The number of alkyl carbamates (subject to hydrolysis) is 1. The summed E-state index contributed by atoms with van der Waals surface area (Å²) in [4.78, 5) is 12.0. The molecule has 0 aliphatic carbocycles. The van der Waals surface area contributed by atoms with Gasteiger partial charge in [-0.05, 0) is 12.1 Å². The Morgan fingerprint density at radius 3 is 2.57 bits per heavy atom. The average Bonchev–Trinajstić information content (AvgIpc) is 2.57. The maximum absolute atomic E-state index is 12.0. The number of carbonyl (C=O) groups is 1. The van der Waals surface area contributed by atoms with Gasteiger partial charge in [-0.15, -0.1) is 0 Å². The fraction of sp³-hybridized carbons (Fsp3) is 0.444. The summed E-state index contributed by atoms with van der Waals surface area (Å²) in [5, 5.41) is 21.3. The van der Waals surface area contributed by atoms with E-state index in [9.17, 15) is 4.79 Å². The lowest BCUT2D eigenvalue weighted by atomic mass is 9.90. The standard InChI is InChI=1S/C18H24Cl3N3O4/c1-17(2,3)14(22)10-15(24-16(26)28-11-18(19,20)21)23-12-5-4-6-13(9-12)27-8-7-25/h4-6,9-10,22-23,25H,7-8,11H2,1-3H3,(H,24,26)/p+1. The Balaban J connectivity index is 2.97. The number of benzene rings is 1. The number of halogens is 3. The first-order valence-corrected chi connectivity index (χ1v) is 9.54. The van der Waals surface area contributed by atoms with E-state index in [0.717, 1.165) is 0 Å². The maximum atomic E-state index is 12.0. The van der Waals surface area contributed by atoms with Gasteiger partial charge in [-0.1, -0.05) is 61.6 Å². The number of aliphatic hydroxyl groups is 1. The Labute approximate surface area is 179 Å². The van der Waals surface area contributed by atoms with Crippen LogP contribution in [0.1, 0.15) is 20.8 Å². The van der Waals surface area contributed by atoms with Gasteiger partial charge in [0.15, 0.2) is 0 Å². The Morgan fingerprint density at radius 2 is 2.00 bits per heavy atom. The van der Waals surface area contributed by atoms with Crippen LogP contribution in [-0.4, -0.2) is 40.5 Å². The number of carbonyl (C=O) groups excluding carboxylic acids is 1. The molecule has 1 rings (SSSR count).